The number of ether oxygens (including phenoxy) is 2. The molecular weight excluding hydrogens is 284 g/mol. The smallest absolute Gasteiger partial charge is 0.248 e. The fraction of sp³-hybridized carbons (Fsp3) is 0.533. The predicted octanol–water partition coefficient (Wildman–Crippen LogP) is 1.08. The van der Waals surface area contributed by atoms with Crippen LogP contribution in [0.3, 0.4) is 0 Å². The van der Waals surface area contributed by atoms with E-state index in [1.807, 2.05) is 18.3 Å². The van der Waals surface area contributed by atoms with Crippen molar-refractivity contribution in [1.82, 2.24) is 20.0 Å². The van der Waals surface area contributed by atoms with E-state index in [0.29, 0.717) is 38.0 Å². The van der Waals surface area contributed by atoms with E-state index in [9.17, 15) is 0 Å². The summed E-state index contributed by atoms with van der Waals surface area (Å²) in [6, 6.07) is 3.87. The summed E-state index contributed by atoms with van der Waals surface area (Å²) in [5, 5.41) is 4.05. The highest BCUT2D eigenvalue weighted by molar-refractivity contribution is 5.20. The van der Waals surface area contributed by atoms with Crippen molar-refractivity contribution in [2.24, 2.45) is 0 Å². The maximum absolute atomic E-state index is 5.50. The minimum Gasteiger partial charge on any atom is -0.384 e. The molecule has 2 aromatic rings. The van der Waals surface area contributed by atoms with Crippen LogP contribution in [0.5, 0.6) is 0 Å². The van der Waals surface area contributed by atoms with Gasteiger partial charge in [-0.25, -0.2) is 0 Å². The van der Waals surface area contributed by atoms with Gasteiger partial charge in [0.2, 0.25) is 5.89 Å². The molecule has 2 aromatic heterocycles. The summed E-state index contributed by atoms with van der Waals surface area (Å²) in [5.74, 6) is 1.26. The molecular formula is C15H20N4O3. The van der Waals surface area contributed by atoms with Crippen LogP contribution in [-0.4, -0.2) is 60.0 Å². The van der Waals surface area contributed by atoms with E-state index in [0.717, 1.165) is 18.7 Å². The first kappa shape index (κ1) is 15.1. The maximum atomic E-state index is 5.50. The van der Waals surface area contributed by atoms with E-state index in [-0.39, 0.29) is 6.04 Å². The zero-order valence-electron chi connectivity index (χ0n) is 12.6. The standard InChI is InChI=1S/C15H20N4O3/c1-20-8-4-13-17-15(22-18-13)14(12-3-2-5-16-11-12)19-6-9-21-10-7-19/h2-3,5,11,14H,4,6-10H2,1H3/t14-/m1/s1. The monoisotopic (exact) mass is 304 g/mol. The van der Waals surface area contributed by atoms with Crippen LogP contribution in [0.1, 0.15) is 23.3 Å². The second kappa shape index (κ2) is 7.44. The van der Waals surface area contributed by atoms with Crippen LogP contribution in [0.15, 0.2) is 29.0 Å². The molecule has 1 aliphatic heterocycles. The van der Waals surface area contributed by atoms with Crippen LogP contribution in [0.25, 0.3) is 0 Å². The summed E-state index contributed by atoms with van der Waals surface area (Å²) in [6.07, 6.45) is 4.25. The number of nitrogens with zero attached hydrogens (tertiary/aromatic N) is 4. The fourth-order valence-electron chi connectivity index (χ4n) is 2.56. The molecule has 3 rings (SSSR count). The molecule has 118 valence electrons. The van der Waals surface area contributed by atoms with Gasteiger partial charge < -0.3 is 14.0 Å². The molecule has 0 aliphatic carbocycles. The third-order valence-corrected chi connectivity index (χ3v) is 3.66. The molecule has 7 heteroatoms. The number of methoxy groups -OCH3 is 1. The van der Waals surface area contributed by atoms with Crippen molar-refractivity contribution in [3.8, 4) is 0 Å². The molecule has 0 saturated carbocycles. The van der Waals surface area contributed by atoms with Crippen molar-refractivity contribution in [3.63, 3.8) is 0 Å². The Labute approximate surface area is 129 Å². The lowest BCUT2D eigenvalue weighted by Crippen LogP contribution is -2.39. The van der Waals surface area contributed by atoms with Gasteiger partial charge in [-0.3, -0.25) is 9.88 Å². The Morgan fingerprint density at radius 1 is 1.36 bits per heavy atom. The zero-order chi connectivity index (χ0) is 15.2. The lowest BCUT2D eigenvalue weighted by Gasteiger charge is -2.32. The summed E-state index contributed by atoms with van der Waals surface area (Å²) in [5.41, 5.74) is 1.05. The lowest BCUT2D eigenvalue weighted by molar-refractivity contribution is 0.0180. The molecule has 0 aromatic carbocycles. The Morgan fingerprint density at radius 3 is 2.95 bits per heavy atom. The van der Waals surface area contributed by atoms with Crippen LogP contribution in [0.4, 0.5) is 0 Å². The van der Waals surface area contributed by atoms with Crippen LogP contribution in [0, 0.1) is 0 Å². The molecule has 0 spiro atoms. The maximum Gasteiger partial charge on any atom is 0.248 e. The third kappa shape index (κ3) is 3.49. The molecule has 0 bridgehead atoms. The molecule has 1 fully saturated rings. The van der Waals surface area contributed by atoms with Crippen LogP contribution >= 0.6 is 0 Å². The number of rotatable bonds is 6. The van der Waals surface area contributed by atoms with E-state index in [4.69, 9.17) is 14.0 Å². The summed E-state index contributed by atoms with van der Waals surface area (Å²) in [6.45, 7) is 3.65. The minimum atomic E-state index is -0.0820. The van der Waals surface area contributed by atoms with E-state index in [1.165, 1.54) is 0 Å². The number of hydrogen-bond donors (Lipinski definition) is 0. The van der Waals surface area contributed by atoms with Crippen molar-refractivity contribution in [2.45, 2.75) is 12.5 Å². The Hall–Kier alpha value is -1.83. The average Bonchev–Trinajstić information content (AvgIpc) is 3.04. The van der Waals surface area contributed by atoms with Crippen LogP contribution < -0.4 is 0 Å². The van der Waals surface area contributed by atoms with Gasteiger partial charge in [0.15, 0.2) is 5.82 Å². The van der Waals surface area contributed by atoms with Crippen molar-refractivity contribution < 1.29 is 14.0 Å². The van der Waals surface area contributed by atoms with E-state index in [2.05, 4.69) is 20.0 Å². The van der Waals surface area contributed by atoms with Gasteiger partial charge in [-0.2, -0.15) is 4.98 Å². The normalized spacial score (nSPS) is 17.5. The van der Waals surface area contributed by atoms with E-state index >= 15 is 0 Å². The average molecular weight is 304 g/mol. The van der Waals surface area contributed by atoms with Crippen molar-refractivity contribution >= 4 is 0 Å². The van der Waals surface area contributed by atoms with Crippen molar-refractivity contribution in [3.05, 3.63) is 41.8 Å². The number of aromatic nitrogens is 3. The highest BCUT2D eigenvalue weighted by Crippen LogP contribution is 2.27. The van der Waals surface area contributed by atoms with Crippen molar-refractivity contribution in [1.29, 1.82) is 0 Å². The van der Waals surface area contributed by atoms with Gasteiger partial charge in [0.05, 0.1) is 19.8 Å². The lowest BCUT2D eigenvalue weighted by atomic mass is 10.1. The van der Waals surface area contributed by atoms with E-state index < -0.39 is 0 Å². The van der Waals surface area contributed by atoms with E-state index in [1.54, 1.807) is 13.3 Å². The van der Waals surface area contributed by atoms with Gasteiger partial charge in [0.1, 0.15) is 6.04 Å². The highest BCUT2D eigenvalue weighted by Gasteiger charge is 2.29. The van der Waals surface area contributed by atoms with Gasteiger partial charge in [-0.1, -0.05) is 11.2 Å². The summed E-state index contributed by atoms with van der Waals surface area (Å²) < 4.78 is 16.0. The number of pyridine rings is 1. The molecule has 1 aliphatic rings. The summed E-state index contributed by atoms with van der Waals surface area (Å²) in [4.78, 5) is 11.0. The summed E-state index contributed by atoms with van der Waals surface area (Å²) in [7, 11) is 1.66. The topological polar surface area (TPSA) is 73.5 Å². The SMILES string of the molecule is COCCc1noc([C@@H](c2cccnc2)N2CCOCC2)n1. The molecule has 0 N–H and O–H groups in total. The Balaban J connectivity index is 1.86. The molecule has 22 heavy (non-hydrogen) atoms. The van der Waals surface area contributed by atoms with Gasteiger partial charge in [-0.05, 0) is 11.6 Å². The number of hydrogen-bond acceptors (Lipinski definition) is 7. The molecule has 1 atom stereocenters. The second-order valence-corrected chi connectivity index (χ2v) is 5.13. The quantitative estimate of drug-likeness (QED) is 0.790. The third-order valence-electron chi connectivity index (χ3n) is 3.66. The second-order valence-electron chi connectivity index (χ2n) is 5.13. The Morgan fingerprint density at radius 2 is 2.23 bits per heavy atom. The first-order valence-corrected chi connectivity index (χ1v) is 7.41. The van der Waals surface area contributed by atoms with Gasteiger partial charge in [0.25, 0.3) is 0 Å². The van der Waals surface area contributed by atoms with Crippen LogP contribution in [-0.2, 0) is 15.9 Å². The molecule has 1 saturated heterocycles. The first-order valence-electron chi connectivity index (χ1n) is 7.41. The van der Waals surface area contributed by atoms with Gasteiger partial charge in [0, 0.05) is 39.0 Å². The predicted molar refractivity (Wildman–Crippen MR) is 78.4 cm³/mol. The zero-order valence-corrected chi connectivity index (χ0v) is 12.6. The first-order chi connectivity index (χ1) is 10.9. The highest BCUT2D eigenvalue weighted by atomic mass is 16.5. The summed E-state index contributed by atoms with van der Waals surface area (Å²) >= 11 is 0. The fourth-order valence-corrected chi connectivity index (χ4v) is 2.56. The van der Waals surface area contributed by atoms with Gasteiger partial charge >= 0.3 is 0 Å². The Bertz CT molecular complexity index is 569. The Kier molecular flexibility index (Phi) is 5.10. The molecule has 7 nitrogen and oxygen atoms in total. The molecule has 0 radical (unpaired) electrons. The molecule has 3 heterocycles. The molecule has 0 amide bonds. The van der Waals surface area contributed by atoms with Gasteiger partial charge in [-0.15, -0.1) is 0 Å². The largest absolute Gasteiger partial charge is 0.384 e. The number of morpholine rings is 1. The van der Waals surface area contributed by atoms with Crippen molar-refractivity contribution in [2.75, 3.05) is 40.0 Å². The molecule has 0 unspecified atom stereocenters. The minimum absolute atomic E-state index is 0.0820. The van der Waals surface area contributed by atoms with Crippen LogP contribution in [0.2, 0.25) is 0 Å².